The molecule has 0 aliphatic rings. The van der Waals surface area contributed by atoms with Crippen LogP contribution in [0.3, 0.4) is 0 Å². The summed E-state index contributed by atoms with van der Waals surface area (Å²) in [6.45, 7) is 8.07. The van der Waals surface area contributed by atoms with E-state index in [0.717, 1.165) is 76.4 Å². The maximum absolute atomic E-state index is 4.37. The SMILES string of the molecule is Cn1ccnc1CNCCN(CCNCc1nccn1C)CCNCc1nccn1C. The molecule has 3 aromatic rings. The van der Waals surface area contributed by atoms with Crippen molar-refractivity contribution < 1.29 is 0 Å². The predicted molar refractivity (Wildman–Crippen MR) is 121 cm³/mol. The summed E-state index contributed by atoms with van der Waals surface area (Å²) in [4.78, 5) is 15.6. The van der Waals surface area contributed by atoms with Crippen LogP contribution >= 0.6 is 0 Å². The van der Waals surface area contributed by atoms with Gasteiger partial charge in [0.25, 0.3) is 0 Å². The van der Waals surface area contributed by atoms with Crippen molar-refractivity contribution in [1.29, 1.82) is 0 Å². The van der Waals surface area contributed by atoms with Gasteiger partial charge in [-0.1, -0.05) is 0 Å². The first-order chi connectivity index (χ1) is 15.1. The number of aryl methyl sites for hydroxylation is 3. The van der Waals surface area contributed by atoms with Crippen LogP contribution in [0, 0.1) is 0 Å². The van der Waals surface area contributed by atoms with Crippen LogP contribution in [0.1, 0.15) is 17.5 Å². The third-order valence-electron chi connectivity index (χ3n) is 5.43. The van der Waals surface area contributed by atoms with Crippen LogP contribution < -0.4 is 16.0 Å². The number of aromatic nitrogens is 6. The van der Waals surface area contributed by atoms with E-state index in [2.05, 4.69) is 35.8 Å². The molecule has 170 valence electrons. The summed E-state index contributed by atoms with van der Waals surface area (Å²) in [5, 5.41) is 10.5. The number of nitrogens with one attached hydrogen (secondary N) is 3. The average molecular weight is 429 g/mol. The molecule has 3 rings (SSSR count). The second kappa shape index (κ2) is 12.4. The fourth-order valence-electron chi connectivity index (χ4n) is 3.35. The molecule has 0 saturated heterocycles. The highest BCUT2D eigenvalue weighted by Crippen LogP contribution is 1.96. The minimum Gasteiger partial charge on any atom is -0.337 e. The van der Waals surface area contributed by atoms with E-state index < -0.39 is 0 Å². The molecular weight excluding hydrogens is 392 g/mol. The molecule has 10 heteroatoms. The van der Waals surface area contributed by atoms with Gasteiger partial charge >= 0.3 is 0 Å². The van der Waals surface area contributed by atoms with Gasteiger partial charge in [-0.25, -0.2) is 15.0 Å². The molecule has 0 saturated carbocycles. The Morgan fingerprint density at radius 2 is 0.935 bits per heavy atom. The van der Waals surface area contributed by atoms with Crippen molar-refractivity contribution in [3.63, 3.8) is 0 Å². The topological polar surface area (TPSA) is 92.8 Å². The van der Waals surface area contributed by atoms with Crippen LogP contribution in [0.25, 0.3) is 0 Å². The van der Waals surface area contributed by atoms with Crippen LogP contribution in [0.5, 0.6) is 0 Å². The van der Waals surface area contributed by atoms with Crippen LogP contribution in [0.4, 0.5) is 0 Å². The highest BCUT2D eigenvalue weighted by Gasteiger charge is 2.07. The van der Waals surface area contributed by atoms with Crippen LogP contribution in [0.2, 0.25) is 0 Å². The summed E-state index contributed by atoms with van der Waals surface area (Å²) >= 11 is 0. The summed E-state index contributed by atoms with van der Waals surface area (Å²) < 4.78 is 6.15. The largest absolute Gasteiger partial charge is 0.337 e. The Morgan fingerprint density at radius 1 is 0.613 bits per heavy atom. The summed E-state index contributed by atoms with van der Waals surface area (Å²) in [6.07, 6.45) is 11.4. The first-order valence-corrected chi connectivity index (χ1v) is 10.9. The Kier molecular flexibility index (Phi) is 9.22. The molecule has 0 aliphatic carbocycles. The van der Waals surface area contributed by atoms with E-state index in [0.29, 0.717) is 0 Å². The van der Waals surface area contributed by atoms with E-state index in [1.54, 1.807) is 0 Å². The Labute approximate surface area is 184 Å². The molecule has 3 heterocycles. The molecular formula is C21H36N10. The number of rotatable bonds is 15. The first-order valence-electron chi connectivity index (χ1n) is 10.9. The van der Waals surface area contributed by atoms with Gasteiger partial charge < -0.3 is 29.7 Å². The van der Waals surface area contributed by atoms with Crippen molar-refractivity contribution in [1.82, 2.24) is 49.5 Å². The number of hydrogen-bond acceptors (Lipinski definition) is 7. The molecule has 10 nitrogen and oxygen atoms in total. The third-order valence-corrected chi connectivity index (χ3v) is 5.43. The smallest absolute Gasteiger partial charge is 0.122 e. The maximum Gasteiger partial charge on any atom is 0.122 e. The Morgan fingerprint density at radius 3 is 1.19 bits per heavy atom. The number of imidazole rings is 3. The zero-order valence-corrected chi connectivity index (χ0v) is 19.0. The van der Waals surface area contributed by atoms with Gasteiger partial charge in [0.15, 0.2) is 0 Å². The lowest BCUT2D eigenvalue weighted by atomic mass is 10.4. The molecule has 0 unspecified atom stereocenters. The van der Waals surface area contributed by atoms with Crippen molar-refractivity contribution in [3.05, 3.63) is 54.7 Å². The molecule has 31 heavy (non-hydrogen) atoms. The zero-order valence-electron chi connectivity index (χ0n) is 19.0. The van der Waals surface area contributed by atoms with Crippen LogP contribution in [-0.4, -0.2) is 72.8 Å². The van der Waals surface area contributed by atoms with Gasteiger partial charge in [0.2, 0.25) is 0 Å². The summed E-state index contributed by atoms with van der Waals surface area (Å²) in [7, 11) is 6.07. The number of hydrogen-bond donors (Lipinski definition) is 3. The van der Waals surface area contributed by atoms with Crippen molar-refractivity contribution in [2.75, 3.05) is 39.3 Å². The van der Waals surface area contributed by atoms with Gasteiger partial charge in [0, 0.05) is 97.6 Å². The Hall–Kier alpha value is -2.53. The van der Waals surface area contributed by atoms with E-state index in [1.165, 1.54) is 0 Å². The molecule has 0 aliphatic heterocycles. The van der Waals surface area contributed by atoms with E-state index in [1.807, 2.05) is 72.0 Å². The fourth-order valence-corrected chi connectivity index (χ4v) is 3.35. The predicted octanol–water partition coefficient (Wildman–Crippen LogP) is -0.142. The van der Waals surface area contributed by atoms with E-state index in [9.17, 15) is 0 Å². The lowest BCUT2D eigenvalue weighted by molar-refractivity contribution is 0.270. The first kappa shape index (κ1) is 23.1. The monoisotopic (exact) mass is 428 g/mol. The molecule has 0 aromatic carbocycles. The van der Waals surface area contributed by atoms with E-state index >= 15 is 0 Å². The van der Waals surface area contributed by atoms with E-state index in [4.69, 9.17) is 0 Å². The highest BCUT2D eigenvalue weighted by atomic mass is 15.2. The molecule has 0 amide bonds. The second-order valence-electron chi connectivity index (χ2n) is 7.74. The minimum atomic E-state index is 0.784. The van der Waals surface area contributed by atoms with Crippen molar-refractivity contribution in [2.24, 2.45) is 21.1 Å². The van der Waals surface area contributed by atoms with Crippen molar-refractivity contribution >= 4 is 0 Å². The molecule has 3 aromatic heterocycles. The molecule has 0 fully saturated rings. The lowest BCUT2D eigenvalue weighted by Gasteiger charge is -2.23. The molecule has 0 bridgehead atoms. The quantitative estimate of drug-likeness (QED) is 0.290. The minimum absolute atomic E-state index is 0.784. The summed E-state index contributed by atoms with van der Waals surface area (Å²) in [6, 6.07) is 0. The Balaban J connectivity index is 1.37. The van der Waals surface area contributed by atoms with Gasteiger partial charge in [-0.05, 0) is 0 Å². The summed E-state index contributed by atoms with van der Waals surface area (Å²) in [5.41, 5.74) is 0. The standard InChI is InChI=1S/C21H36N10/c1-28-10-7-25-19(28)16-22-4-13-31(14-5-23-17-20-26-8-11-29(20)2)15-6-24-18-21-27-9-12-30(21)3/h7-12,22-24H,4-6,13-18H2,1-3H3. The van der Waals surface area contributed by atoms with Crippen LogP contribution in [-0.2, 0) is 40.8 Å². The zero-order chi connectivity index (χ0) is 21.9. The van der Waals surface area contributed by atoms with Crippen molar-refractivity contribution in [2.45, 2.75) is 19.6 Å². The maximum atomic E-state index is 4.37. The normalized spacial score (nSPS) is 11.6. The van der Waals surface area contributed by atoms with Gasteiger partial charge in [0.05, 0.1) is 19.6 Å². The fraction of sp³-hybridized carbons (Fsp3) is 0.571. The number of nitrogens with zero attached hydrogens (tertiary/aromatic N) is 7. The molecule has 3 N–H and O–H groups in total. The lowest BCUT2D eigenvalue weighted by Crippen LogP contribution is -2.40. The van der Waals surface area contributed by atoms with Crippen LogP contribution in [0.15, 0.2) is 37.2 Å². The molecule has 0 spiro atoms. The van der Waals surface area contributed by atoms with Crippen molar-refractivity contribution in [3.8, 4) is 0 Å². The molecule has 0 atom stereocenters. The Bertz CT molecular complexity index is 766. The van der Waals surface area contributed by atoms with Gasteiger partial charge in [-0.2, -0.15) is 0 Å². The molecule has 0 radical (unpaired) electrons. The van der Waals surface area contributed by atoms with Gasteiger partial charge in [-0.15, -0.1) is 0 Å². The summed E-state index contributed by atoms with van der Waals surface area (Å²) in [5.74, 6) is 3.17. The van der Waals surface area contributed by atoms with Gasteiger partial charge in [-0.3, -0.25) is 4.90 Å². The average Bonchev–Trinajstić information content (AvgIpc) is 3.47. The second-order valence-corrected chi connectivity index (χ2v) is 7.74. The van der Waals surface area contributed by atoms with Gasteiger partial charge in [0.1, 0.15) is 17.5 Å². The van der Waals surface area contributed by atoms with E-state index in [-0.39, 0.29) is 0 Å². The highest BCUT2D eigenvalue weighted by molar-refractivity contribution is 4.92. The third kappa shape index (κ3) is 7.59.